The molecule has 7 nitrogen and oxygen atoms in total. The van der Waals surface area contributed by atoms with Crippen LogP contribution in [0.15, 0.2) is 38.8 Å². The molecule has 0 bridgehead atoms. The largest absolute Gasteiger partial charge is 0.383 e. The lowest BCUT2D eigenvalue weighted by atomic mass is 10.0. The van der Waals surface area contributed by atoms with Gasteiger partial charge >= 0.3 is 5.69 Å². The average Bonchev–Trinajstić information content (AvgIpc) is 3.29. The molecule has 0 spiro atoms. The molecule has 2 aromatic rings. The van der Waals surface area contributed by atoms with Crippen molar-refractivity contribution in [3.05, 3.63) is 50.7 Å². The van der Waals surface area contributed by atoms with Crippen LogP contribution in [0.3, 0.4) is 0 Å². The molecule has 1 amide bonds. The number of nitrogens with zero attached hydrogens (tertiary/aromatic N) is 2. The van der Waals surface area contributed by atoms with Gasteiger partial charge in [0.05, 0.1) is 5.75 Å². The van der Waals surface area contributed by atoms with Crippen LogP contribution in [-0.2, 0) is 11.3 Å². The Morgan fingerprint density at radius 2 is 1.88 bits per heavy atom. The van der Waals surface area contributed by atoms with Crippen LogP contribution >= 0.6 is 11.8 Å². The predicted molar refractivity (Wildman–Crippen MR) is 132 cm³/mol. The molecule has 1 saturated carbocycles. The number of benzene rings is 1. The van der Waals surface area contributed by atoms with Gasteiger partial charge in [0.2, 0.25) is 5.91 Å². The lowest BCUT2D eigenvalue weighted by molar-refractivity contribution is -0.116. The van der Waals surface area contributed by atoms with Crippen LogP contribution in [0.25, 0.3) is 0 Å². The SMILES string of the molecule is CCCCn1c(N)c(N(C(=O)CSc2ccc(C(C)C)cc2)C2CCCC2)c(=O)[nH]c1=O. The van der Waals surface area contributed by atoms with Crippen LogP contribution in [0.2, 0.25) is 0 Å². The van der Waals surface area contributed by atoms with E-state index in [2.05, 4.69) is 31.0 Å². The molecule has 1 aromatic carbocycles. The van der Waals surface area contributed by atoms with Gasteiger partial charge in [0.1, 0.15) is 5.82 Å². The zero-order chi connectivity index (χ0) is 23.3. The summed E-state index contributed by atoms with van der Waals surface area (Å²) >= 11 is 1.45. The Morgan fingerprint density at radius 3 is 2.47 bits per heavy atom. The van der Waals surface area contributed by atoms with E-state index in [1.807, 2.05) is 19.1 Å². The molecular formula is C24H34N4O3S. The zero-order valence-corrected chi connectivity index (χ0v) is 20.0. The highest BCUT2D eigenvalue weighted by atomic mass is 32.2. The van der Waals surface area contributed by atoms with Gasteiger partial charge in [-0.2, -0.15) is 0 Å². The number of anilines is 2. The molecule has 0 saturated heterocycles. The molecule has 1 aromatic heterocycles. The summed E-state index contributed by atoms with van der Waals surface area (Å²) in [5, 5.41) is 0. The van der Waals surface area contributed by atoms with E-state index < -0.39 is 11.2 Å². The van der Waals surface area contributed by atoms with Crippen molar-refractivity contribution in [2.75, 3.05) is 16.4 Å². The topological polar surface area (TPSA) is 101 Å². The summed E-state index contributed by atoms with van der Waals surface area (Å²) in [5.41, 5.74) is 6.58. The smallest absolute Gasteiger partial charge is 0.330 e. The minimum atomic E-state index is -0.591. The number of aromatic nitrogens is 2. The summed E-state index contributed by atoms with van der Waals surface area (Å²) < 4.78 is 1.38. The molecule has 8 heteroatoms. The maximum atomic E-state index is 13.4. The third-order valence-corrected chi connectivity index (χ3v) is 7.05. The fourth-order valence-corrected chi connectivity index (χ4v) is 4.94. The number of thioether (sulfide) groups is 1. The standard InChI is InChI=1S/C24H34N4O3S/c1-4-5-14-27-22(25)21(23(30)26-24(27)31)28(18-8-6-7-9-18)20(29)15-32-19-12-10-17(11-13-19)16(2)3/h10-13,16,18H,4-9,14-15,25H2,1-3H3,(H,26,30,31). The first-order chi connectivity index (χ1) is 15.3. The van der Waals surface area contributed by atoms with Crippen molar-refractivity contribution in [2.45, 2.75) is 82.7 Å². The summed E-state index contributed by atoms with van der Waals surface area (Å²) in [6, 6.07) is 8.14. The highest BCUT2D eigenvalue weighted by Crippen LogP contribution is 2.31. The molecule has 174 valence electrons. The van der Waals surface area contributed by atoms with Gasteiger partial charge in [0.25, 0.3) is 5.56 Å². The molecule has 32 heavy (non-hydrogen) atoms. The van der Waals surface area contributed by atoms with Crippen LogP contribution in [-0.4, -0.2) is 27.3 Å². The highest BCUT2D eigenvalue weighted by molar-refractivity contribution is 8.00. The average molecular weight is 459 g/mol. The van der Waals surface area contributed by atoms with Gasteiger partial charge in [0.15, 0.2) is 5.69 Å². The van der Waals surface area contributed by atoms with E-state index in [1.54, 1.807) is 4.90 Å². The van der Waals surface area contributed by atoms with Crippen molar-refractivity contribution in [3.8, 4) is 0 Å². The number of hydrogen-bond acceptors (Lipinski definition) is 5. The first kappa shape index (κ1) is 24.2. The Bertz CT molecular complexity index is 1040. The fraction of sp³-hybridized carbons (Fsp3) is 0.542. The van der Waals surface area contributed by atoms with Crippen LogP contribution in [0, 0.1) is 0 Å². The second-order valence-electron chi connectivity index (χ2n) is 8.71. The van der Waals surface area contributed by atoms with Crippen molar-refractivity contribution in [1.82, 2.24) is 9.55 Å². The number of nitrogens with one attached hydrogen (secondary N) is 1. The molecule has 3 N–H and O–H groups in total. The lowest BCUT2D eigenvalue weighted by Gasteiger charge is -2.30. The number of aromatic amines is 1. The molecule has 1 heterocycles. The highest BCUT2D eigenvalue weighted by Gasteiger charge is 2.32. The summed E-state index contributed by atoms with van der Waals surface area (Å²) in [5.74, 6) is 0.572. The number of carbonyl (C=O) groups is 1. The van der Waals surface area contributed by atoms with Crippen molar-refractivity contribution < 1.29 is 4.79 Å². The van der Waals surface area contributed by atoms with E-state index in [0.29, 0.717) is 12.5 Å². The molecule has 0 unspecified atom stereocenters. The van der Waals surface area contributed by atoms with Gasteiger partial charge in [-0.1, -0.05) is 52.2 Å². The van der Waals surface area contributed by atoms with E-state index >= 15 is 0 Å². The number of nitrogens with two attached hydrogens (primary N) is 1. The Hall–Kier alpha value is -2.48. The molecule has 3 rings (SSSR count). The van der Waals surface area contributed by atoms with Crippen LogP contribution in [0.4, 0.5) is 11.5 Å². The number of hydrogen-bond donors (Lipinski definition) is 2. The van der Waals surface area contributed by atoms with Crippen molar-refractivity contribution in [1.29, 1.82) is 0 Å². The molecular weight excluding hydrogens is 424 g/mol. The Kier molecular flexibility index (Phi) is 8.23. The van der Waals surface area contributed by atoms with Gasteiger partial charge in [0, 0.05) is 17.5 Å². The van der Waals surface area contributed by atoms with Gasteiger partial charge in [-0.25, -0.2) is 4.79 Å². The second-order valence-corrected chi connectivity index (χ2v) is 9.76. The number of unbranched alkanes of at least 4 members (excludes halogenated alkanes) is 1. The number of nitrogen functional groups attached to an aromatic ring is 1. The van der Waals surface area contributed by atoms with E-state index in [0.717, 1.165) is 43.4 Å². The Labute approximate surface area is 193 Å². The minimum absolute atomic E-state index is 0.0769. The predicted octanol–water partition coefficient (Wildman–Crippen LogP) is 4.11. The van der Waals surface area contributed by atoms with E-state index in [4.69, 9.17) is 5.73 Å². The molecule has 1 aliphatic rings. The van der Waals surface area contributed by atoms with Crippen molar-refractivity contribution >= 4 is 29.2 Å². The monoisotopic (exact) mass is 458 g/mol. The first-order valence-electron chi connectivity index (χ1n) is 11.5. The maximum Gasteiger partial charge on any atom is 0.330 e. The van der Waals surface area contributed by atoms with E-state index in [1.165, 1.54) is 21.9 Å². The summed E-state index contributed by atoms with van der Waals surface area (Å²) in [7, 11) is 0. The molecule has 0 radical (unpaired) electrons. The van der Waals surface area contributed by atoms with Gasteiger partial charge < -0.3 is 10.6 Å². The Morgan fingerprint density at radius 1 is 1.22 bits per heavy atom. The van der Waals surface area contributed by atoms with Gasteiger partial charge in [-0.15, -0.1) is 11.8 Å². The Balaban J connectivity index is 1.89. The zero-order valence-electron chi connectivity index (χ0n) is 19.2. The first-order valence-corrected chi connectivity index (χ1v) is 12.5. The van der Waals surface area contributed by atoms with Crippen LogP contribution < -0.4 is 21.9 Å². The summed E-state index contributed by atoms with van der Waals surface area (Å²) in [6.45, 7) is 6.72. The molecule has 0 atom stereocenters. The van der Waals surface area contributed by atoms with Crippen molar-refractivity contribution in [3.63, 3.8) is 0 Å². The molecule has 1 fully saturated rings. The summed E-state index contributed by atoms with van der Waals surface area (Å²) in [4.78, 5) is 43.5. The maximum absolute atomic E-state index is 13.4. The quantitative estimate of drug-likeness (QED) is 0.551. The van der Waals surface area contributed by atoms with Gasteiger partial charge in [-0.05, 0) is 42.9 Å². The summed E-state index contributed by atoms with van der Waals surface area (Å²) in [6.07, 6.45) is 5.31. The molecule has 0 aliphatic heterocycles. The van der Waals surface area contributed by atoms with Crippen molar-refractivity contribution in [2.24, 2.45) is 0 Å². The number of carbonyl (C=O) groups excluding carboxylic acids is 1. The van der Waals surface area contributed by atoms with Crippen LogP contribution in [0.1, 0.15) is 70.8 Å². The number of H-pyrrole nitrogens is 1. The fourth-order valence-electron chi connectivity index (χ4n) is 4.19. The second kappa shape index (κ2) is 10.9. The number of amides is 1. The number of rotatable bonds is 9. The van der Waals surface area contributed by atoms with Gasteiger partial charge in [-0.3, -0.25) is 19.1 Å². The normalized spacial score (nSPS) is 14.2. The minimum Gasteiger partial charge on any atom is -0.383 e. The van der Waals surface area contributed by atoms with E-state index in [-0.39, 0.29) is 29.2 Å². The lowest BCUT2D eigenvalue weighted by Crippen LogP contribution is -2.46. The third kappa shape index (κ3) is 5.46. The molecule has 1 aliphatic carbocycles. The van der Waals surface area contributed by atoms with Crippen LogP contribution in [0.5, 0.6) is 0 Å². The van der Waals surface area contributed by atoms with E-state index in [9.17, 15) is 14.4 Å². The third-order valence-electron chi connectivity index (χ3n) is 6.06.